The van der Waals surface area contributed by atoms with Crippen molar-refractivity contribution in [1.82, 2.24) is 10.4 Å². The predicted molar refractivity (Wildman–Crippen MR) is 135 cm³/mol. The molecule has 1 aromatic carbocycles. The van der Waals surface area contributed by atoms with Crippen molar-refractivity contribution in [1.29, 1.82) is 0 Å². The third kappa shape index (κ3) is 6.94. The number of nitrogen functional groups attached to an aromatic ring is 1. The number of rotatable bonds is 5. The van der Waals surface area contributed by atoms with Gasteiger partial charge in [0.05, 0.1) is 19.9 Å². The Bertz CT molecular complexity index is 1220. The molecule has 0 spiro atoms. The Morgan fingerprint density at radius 1 is 1.36 bits per heavy atom. The number of thiocarbonyl (C=S) groups is 1. The first-order valence-electron chi connectivity index (χ1n) is 10.9. The summed E-state index contributed by atoms with van der Waals surface area (Å²) in [7, 11) is 1.36. The average molecular weight is 520 g/mol. The topological polar surface area (TPSA) is 133 Å². The number of amides is 2. The van der Waals surface area contributed by atoms with Crippen molar-refractivity contribution in [3.63, 3.8) is 0 Å². The van der Waals surface area contributed by atoms with Gasteiger partial charge in [-0.1, -0.05) is 18.1 Å². The number of ether oxygens (including phenoxy) is 2. The van der Waals surface area contributed by atoms with Crippen molar-refractivity contribution in [2.24, 2.45) is 17.5 Å². The second-order valence-electron chi connectivity index (χ2n) is 7.82. The highest BCUT2D eigenvalue weighted by Crippen LogP contribution is 2.37. The van der Waals surface area contributed by atoms with Crippen molar-refractivity contribution in [3.8, 4) is 28.7 Å². The molecule has 4 rings (SSSR count). The number of aromatic nitrogens is 1. The van der Waals surface area contributed by atoms with Gasteiger partial charge in [0.25, 0.3) is 18.2 Å². The quantitative estimate of drug-likeness (QED) is 0.181. The molecule has 2 heterocycles. The molecule has 0 radical (unpaired) electrons. The fraction of sp³-hybridized carbons (Fsp3) is 0.333. The van der Waals surface area contributed by atoms with Crippen molar-refractivity contribution in [2.75, 3.05) is 31.8 Å². The van der Waals surface area contributed by atoms with Gasteiger partial charge in [-0.25, -0.2) is 14.6 Å². The van der Waals surface area contributed by atoms with E-state index >= 15 is 0 Å². The summed E-state index contributed by atoms with van der Waals surface area (Å²) in [5.41, 5.74) is 7.83. The van der Waals surface area contributed by atoms with E-state index in [1.165, 1.54) is 30.9 Å². The van der Waals surface area contributed by atoms with Crippen molar-refractivity contribution in [2.45, 2.75) is 19.3 Å². The zero-order valence-corrected chi connectivity index (χ0v) is 20.2. The number of methoxy groups -OCH3 is 1. The van der Waals surface area contributed by atoms with Crippen LogP contribution in [0.15, 0.2) is 30.5 Å². The van der Waals surface area contributed by atoms with Crippen LogP contribution in [0, 0.1) is 17.8 Å². The Hall–Kier alpha value is -3.66. The first kappa shape index (κ1) is 26.9. The Labute approximate surface area is 213 Å². The van der Waals surface area contributed by atoms with Crippen molar-refractivity contribution >= 4 is 34.7 Å². The number of hydrazine groups is 1. The monoisotopic (exact) mass is 519 g/mol. The molecule has 1 saturated carbocycles. The van der Waals surface area contributed by atoms with Crippen LogP contribution in [0.1, 0.15) is 36.7 Å². The number of benzene rings is 1. The lowest BCUT2D eigenvalue weighted by molar-refractivity contribution is -0.125. The first-order chi connectivity index (χ1) is 17.2. The molecular formula is C24H27F2N5O4S. The Kier molecular flexibility index (Phi) is 9.24. The lowest BCUT2D eigenvalue weighted by atomic mass is 9.97. The maximum atomic E-state index is 13.2. The van der Waals surface area contributed by atoms with E-state index in [2.05, 4.69) is 29.0 Å². The number of hydrogen-bond acceptors (Lipinski definition) is 7. The largest absolute Gasteiger partial charge is 0.494 e. The number of nitrogens with two attached hydrogens (primary N) is 2. The van der Waals surface area contributed by atoms with Gasteiger partial charge in [-0.15, -0.1) is 0 Å². The maximum absolute atomic E-state index is 13.2. The molecule has 2 aromatic rings. The summed E-state index contributed by atoms with van der Waals surface area (Å²) in [6, 6.07) is 5.76. The van der Waals surface area contributed by atoms with Gasteiger partial charge in [-0.05, 0) is 43.0 Å². The van der Waals surface area contributed by atoms with Crippen LogP contribution in [0.4, 0.5) is 14.5 Å². The summed E-state index contributed by atoms with van der Waals surface area (Å²) in [5, 5.41) is 0. The minimum atomic E-state index is -2.81. The number of carbonyl (C=O) groups is 2. The van der Waals surface area contributed by atoms with Gasteiger partial charge in [0.2, 0.25) is 0 Å². The van der Waals surface area contributed by atoms with E-state index in [-0.39, 0.29) is 36.4 Å². The van der Waals surface area contributed by atoms with E-state index < -0.39 is 18.0 Å². The van der Waals surface area contributed by atoms with E-state index in [1.807, 2.05) is 5.43 Å². The Morgan fingerprint density at radius 3 is 2.69 bits per heavy atom. The van der Waals surface area contributed by atoms with Crippen LogP contribution in [0.25, 0.3) is 11.1 Å². The van der Waals surface area contributed by atoms with E-state index in [4.69, 9.17) is 21.1 Å². The number of anilines is 1. The molecular weight excluding hydrogens is 492 g/mol. The fourth-order valence-corrected chi connectivity index (χ4v) is 3.40. The third-order valence-corrected chi connectivity index (χ3v) is 5.38. The van der Waals surface area contributed by atoms with Crippen LogP contribution in [0.5, 0.6) is 5.75 Å². The summed E-state index contributed by atoms with van der Waals surface area (Å²) in [6.07, 6.45) is 0.819. The molecule has 2 amide bonds. The number of alkyl halides is 2. The molecule has 1 saturated heterocycles. The number of nitrogens with zero attached hydrogens (tertiary/aromatic N) is 2. The minimum Gasteiger partial charge on any atom is -0.494 e. The summed E-state index contributed by atoms with van der Waals surface area (Å²) in [6.45, 7) is 0.630. The van der Waals surface area contributed by atoms with Crippen LogP contribution < -0.4 is 26.6 Å². The molecule has 36 heavy (non-hydrogen) atoms. The second kappa shape index (κ2) is 12.3. The smallest absolute Gasteiger partial charge is 0.280 e. The zero-order valence-electron chi connectivity index (χ0n) is 19.4. The molecule has 1 aliphatic carbocycles. The molecule has 2 aliphatic rings. The standard InChI is InChI=1S/C18H18F2N4O4.C6H7NS.H2/c1-27-15-8-22-14(17(19)20)7-13(15)12-6-10(2-3-11(12)18(26)23-21)24-4-5-28-9-16(24)25;7-6(8)4-3-5-1-2-5;/h2-3,6-8,17H,4-5,9,21H2,1H3,(H,23,26);5H,1-2H2,(H2,7,8);1H. The highest BCUT2D eigenvalue weighted by atomic mass is 32.1. The molecule has 0 atom stereocenters. The van der Waals surface area contributed by atoms with E-state index in [0.29, 0.717) is 29.7 Å². The van der Waals surface area contributed by atoms with Gasteiger partial charge < -0.3 is 20.1 Å². The molecule has 1 aromatic heterocycles. The van der Waals surface area contributed by atoms with E-state index in [0.717, 1.165) is 12.3 Å². The van der Waals surface area contributed by atoms with Gasteiger partial charge in [0, 0.05) is 36.3 Å². The number of carbonyl (C=O) groups excluding carboxylic acids is 2. The number of hydrogen-bond donors (Lipinski definition) is 3. The maximum Gasteiger partial charge on any atom is 0.280 e. The van der Waals surface area contributed by atoms with Crippen LogP contribution >= 0.6 is 12.2 Å². The molecule has 5 N–H and O–H groups in total. The first-order valence-corrected chi connectivity index (χ1v) is 11.3. The van der Waals surface area contributed by atoms with Gasteiger partial charge in [-0.2, -0.15) is 0 Å². The Morgan fingerprint density at radius 2 is 2.11 bits per heavy atom. The lowest BCUT2D eigenvalue weighted by Gasteiger charge is -2.27. The van der Waals surface area contributed by atoms with Gasteiger partial charge in [0.15, 0.2) is 0 Å². The number of halogens is 2. The van der Waals surface area contributed by atoms with Crippen LogP contribution in [0.3, 0.4) is 0 Å². The Balaban J connectivity index is 0.000000457. The van der Waals surface area contributed by atoms with E-state index in [9.17, 15) is 18.4 Å². The van der Waals surface area contributed by atoms with Crippen LogP contribution in [-0.2, 0) is 9.53 Å². The molecule has 12 heteroatoms. The van der Waals surface area contributed by atoms with Crippen LogP contribution in [-0.4, -0.2) is 48.7 Å². The highest BCUT2D eigenvalue weighted by molar-refractivity contribution is 7.80. The third-order valence-electron chi connectivity index (χ3n) is 5.28. The number of pyridine rings is 1. The second-order valence-corrected chi connectivity index (χ2v) is 8.26. The van der Waals surface area contributed by atoms with Gasteiger partial charge >= 0.3 is 0 Å². The molecule has 0 bridgehead atoms. The highest BCUT2D eigenvalue weighted by Gasteiger charge is 2.24. The SMILES string of the molecule is COc1cnc(C(F)F)cc1-c1cc(N2CCOCC2=O)ccc1C(=O)NN.NC(=S)C#CC1CC1.[HH]. The summed E-state index contributed by atoms with van der Waals surface area (Å²) < 4.78 is 36.7. The van der Waals surface area contributed by atoms with E-state index in [1.54, 1.807) is 12.1 Å². The average Bonchev–Trinajstić information content (AvgIpc) is 3.71. The number of morpholine rings is 1. The van der Waals surface area contributed by atoms with Crippen molar-refractivity contribution in [3.05, 3.63) is 41.7 Å². The molecule has 0 unspecified atom stereocenters. The molecule has 192 valence electrons. The molecule has 1 aliphatic heterocycles. The zero-order chi connectivity index (χ0) is 26.2. The lowest BCUT2D eigenvalue weighted by Crippen LogP contribution is -2.41. The van der Waals surface area contributed by atoms with Crippen LogP contribution in [0.2, 0.25) is 0 Å². The van der Waals surface area contributed by atoms with Gasteiger partial charge in [0.1, 0.15) is 23.0 Å². The minimum absolute atomic E-state index is 0. The van der Waals surface area contributed by atoms with Gasteiger partial charge in [-0.3, -0.25) is 20.0 Å². The molecule has 9 nitrogen and oxygen atoms in total. The summed E-state index contributed by atoms with van der Waals surface area (Å²) >= 11 is 4.55. The normalized spacial score (nSPS) is 14.8. The number of nitrogens with one attached hydrogen (secondary N) is 1. The molecule has 2 fully saturated rings. The predicted octanol–water partition coefficient (Wildman–Crippen LogP) is 2.59. The summed E-state index contributed by atoms with van der Waals surface area (Å²) in [5.74, 6) is 10.8. The fourth-order valence-electron chi connectivity index (χ4n) is 3.34. The van der Waals surface area contributed by atoms with Crippen molar-refractivity contribution < 1.29 is 29.3 Å². The summed E-state index contributed by atoms with van der Waals surface area (Å²) in [4.78, 5) is 29.9.